The molecule has 4 aliphatic carbocycles. The number of halogens is 2. The molecule has 0 saturated heterocycles. The van der Waals surface area contributed by atoms with Crippen molar-refractivity contribution in [2.24, 2.45) is 17.8 Å². The summed E-state index contributed by atoms with van der Waals surface area (Å²) in [4.78, 5) is 12.9. The Hall–Kier alpha value is -1.45. The first-order valence-electron chi connectivity index (χ1n) is 9.37. The molecule has 6 rings (SSSR count). The summed E-state index contributed by atoms with van der Waals surface area (Å²) < 4.78 is 5.83. The van der Waals surface area contributed by atoms with Crippen molar-refractivity contribution in [2.45, 2.75) is 44.1 Å². The highest BCUT2D eigenvalue weighted by Gasteiger charge is 2.51. The van der Waals surface area contributed by atoms with Gasteiger partial charge in [-0.15, -0.1) is 0 Å². The van der Waals surface area contributed by atoms with Crippen LogP contribution in [0.25, 0.3) is 11.3 Å². The van der Waals surface area contributed by atoms with Gasteiger partial charge in [0.1, 0.15) is 5.76 Å². The molecule has 136 valence electrons. The standard InChI is InChI=1S/C21H21Cl2NO2/c22-15-1-2-17(23)16(8-15)18-3-4-19(26-18)20(25)24-21-9-12-5-13(10-21)7-14(6-12)11-21/h1-4,8,12-14H,5-7,9-11H2,(H,24,25). The third-order valence-electron chi connectivity index (χ3n) is 6.44. The fourth-order valence-electron chi connectivity index (χ4n) is 5.86. The van der Waals surface area contributed by atoms with Gasteiger partial charge < -0.3 is 9.73 Å². The van der Waals surface area contributed by atoms with E-state index in [-0.39, 0.29) is 11.4 Å². The Kier molecular flexibility index (Phi) is 3.88. The molecule has 26 heavy (non-hydrogen) atoms. The lowest BCUT2D eigenvalue weighted by molar-refractivity contribution is -0.0171. The molecule has 0 unspecified atom stereocenters. The lowest BCUT2D eigenvalue weighted by atomic mass is 9.53. The number of nitrogens with one attached hydrogen (secondary N) is 1. The molecule has 2 aromatic rings. The highest BCUT2D eigenvalue weighted by molar-refractivity contribution is 6.35. The summed E-state index contributed by atoms with van der Waals surface area (Å²) in [5.74, 6) is 3.16. The Morgan fingerprint density at radius 1 is 1.00 bits per heavy atom. The third-order valence-corrected chi connectivity index (χ3v) is 7.01. The average molecular weight is 390 g/mol. The number of furan rings is 1. The van der Waals surface area contributed by atoms with Gasteiger partial charge in [0.25, 0.3) is 5.91 Å². The van der Waals surface area contributed by atoms with Crippen LogP contribution in [-0.4, -0.2) is 11.4 Å². The minimum absolute atomic E-state index is 0.0213. The van der Waals surface area contributed by atoms with Crippen LogP contribution in [0.1, 0.15) is 49.1 Å². The zero-order chi connectivity index (χ0) is 17.9. The predicted molar refractivity (Wildman–Crippen MR) is 103 cm³/mol. The van der Waals surface area contributed by atoms with Crippen LogP contribution < -0.4 is 5.32 Å². The topological polar surface area (TPSA) is 42.2 Å². The van der Waals surface area contributed by atoms with E-state index in [1.54, 1.807) is 30.3 Å². The van der Waals surface area contributed by atoms with Crippen molar-refractivity contribution >= 4 is 29.1 Å². The molecule has 1 N–H and O–H groups in total. The summed E-state index contributed by atoms with van der Waals surface area (Å²) in [5.41, 5.74) is 0.681. The normalized spacial score (nSPS) is 32.0. The van der Waals surface area contributed by atoms with Gasteiger partial charge in [0.15, 0.2) is 5.76 Å². The van der Waals surface area contributed by atoms with E-state index in [1.165, 1.54) is 19.3 Å². The van der Waals surface area contributed by atoms with E-state index in [0.29, 0.717) is 27.1 Å². The van der Waals surface area contributed by atoms with Crippen molar-refractivity contribution in [1.29, 1.82) is 0 Å². The number of hydrogen-bond acceptors (Lipinski definition) is 2. The van der Waals surface area contributed by atoms with E-state index in [9.17, 15) is 4.79 Å². The van der Waals surface area contributed by atoms with Crippen molar-refractivity contribution in [3.05, 3.63) is 46.1 Å². The number of hydrogen-bond donors (Lipinski definition) is 1. The van der Waals surface area contributed by atoms with Crippen LogP contribution >= 0.6 is 23.2 Å². The second-order valence-corrected chi connectivity index (χ2v) is 9.28. The van der Waals surface area contributed by atoms with Crippen LogP contribution in [0.5, 0.6) is 0 Å². The fourth-order valence-corrected chi connectivity index (χ4v) is 6.24. The zero-order valence-electron chi connectivity index (χ0n) is 14.4. The number of amides is 1. The van der Waals surface area contributed by atoms with E-state index in [0.717, 1.165) is 37.0 Å². The first-order chi connectivity index (χ1) is 12.5. The molecule has 3 nitrogen and oxygen atoms in total. The molecule has 1 aromatic carbocycles. The van der Waals surface area contributed by atoms with Crippen LogP contribution in [0, 0.1) is 17.8 Å². The van der Waals surface area contributed by atoms with E-state index in [4.69, 9.17) is 27.6 Å². The van der Waals surface area contributed by atoms with E-state index < -0.39 is 0 Å². The maximum absolute atomic E-state index is 12.9. The molecule has 4 aliphatic rings. The molecule has 4 bridgehead atoms. The maximum Gasteiger partial charge on any atom is 0.287 e. The maximum atomic E-state index is 12.9. The lowest BCUT2D eigenvalue weighted by Gasteiger charge is -2.56. The number of benzene rings is 1. The summed E-state index contributed by atoms with van der Waals surface area (Å²) in [6, 6.07) is 8.73. The summed E-state index contributed by atoms with van der Waals surface area (Å²) >= 11 is 12.3. The molecule has 5 heteroatoms. The lowest BCUT2D eigenvalue weighted by Crippen LogP contribution is -2.59. The van der Waals surface area contributed by atoms with Gasteiger partial charge in [-0.2, -0.15) is 0 Å². The van der Waals surface area contributed by atoms with E-state index in [2.05, 4.69) is 5.32 Å². The quantitative estimate of drug-likeness (QED) is 0.704. The van der Waals surface area contributed by atoms with Crippen LogP contribution in [0.4, 0.5) is 0 Å². The zero-order valence-corrected chi connectivity index (χ0v) is 15.9. The average Bonchev–Trinajstić information content (AvgIpc) is 3.05. The molecular formula is C21H21Cl2NO2. The Balaban J connectivity index is 1.37. The molecule has 1 aromatic heterocycles. The van der Waals surface area contributed by atoms with Gasteiger partial charge in [-0.25, -0.2) is 0 Å². The Labute approximate surface area is 163 Å². The number of carbonyl (C=O) groups excluding carboxylic acids is 1. The SMILES string of the molecule is O=C(NC12CC3CC(CC(C3)C1)C2)c1ccc(-c2cc(Cl)ccc2Cl)o1. The van der Waals surface area contributed by atoms with Gasteiger partial charge in [0.05, 0.1) is 5.02 Å². The van der Waals surface area contributed by atoms with Crippen molar-refractivity contribution in [3.8, 4) is 11.3 Å². The van der Waals surface area contributed by atoms with Gasteiger partial charge in [-0.3, -0.25) is 4.79 Å². The van der Waals surface area contributed by atoms with Gasteiger partial charge >= 0.3 is 0 Å². The molecule has 1 heterocycles. The fraction of sp³-hybridized carbons (Fsp3) is 0.476. The Morgan fingerprint density at radius 3 is 2.31 bits per heavy atom. The van der Waals surface area contributed by atoms with Gasteiger partial charge in [-0.05, 0) is 86.6 Å². The molecular weight excluding hydrogens is 369 g/mol. The van der Waals surface area contributed by atoms with Gasteiger partial charge in [-0.1, -0.05) is 23.2 Å². The molecule has 1 amide bonds. The summed E-state index contributed by atoms with van der Waals surface area (Å²) in [5, 5.41) is 4.48. The van der Waals surface area contributed by atoms with E-state index >= 15 is 0 Å². The second-order valence-electron chi connectivity index (χ2n) is 8.44. The highest BCUT2D eigenvalue weighted by Crippen LogP contribution is 2.55. The van der Waals surface area contributed by atoms with Crippen LogP contribution in [0.2, 0.25) is 10.0 Å². The summed E-state index contributed by atoms with van der Waals surface area (Å²) in [7, 11) is 0. The highest BCUT2D eigenvalue weighted by atomic mass is 35.5. The second kappa shape index (κ2) is 6.03. The summed E-state index contributed by atoms with van der Waals surface area (Å²) in [6.07, 6.45) is 7.43. The number of rotatable bonds is 3. The Bertz CT molecular complexity index is 837. The van der Waals surface area contributed by atoms with Crippen LogP contribution in [-0.2, 0) is 0 Å². The molecule has 0 radical (unpaired) electrons. The van der Waals surface area contributed by atoms with Crippen molar-refractivity contribution in [2.75, 3.05) is 0 Å². The van der Waals surface area contributed by atoms with Crippen molar-refractivity contribution < 1.29 is 9.21 Å². The van der Waals surface area contributed by atoms with Crippen LogP contribution in [0.3, 0.4) is 0 Å². The summed E-state index contributed by atoms with van der Waals surface area (Å²) in [6.45, 7) is 0. The minimum Gasteiger partial charge on any atom is -0.451 e. The van der Waals surface area contributed by atoms with Gasteiger partial charge in [0, 0.05) is 16.1 Å². The Morgan fingerprint density at radius 2 is 1.65 bits per heavy atom. The molecule has 4 saturated carbocycles. The third kappa shape index (κ3) is 2.86. The van der Waals surface area contributed by atoms with E-state index in [1.807, 2.05) is 0 Å². The monoisotopic (exact) mass is 389 g/mol. The van der Waals surface area contributed by atoms with Gasteiger partial charge in [0.2, 0.25) is 0 Å². The predicted octanol–water partition coefficient (Wildman–Crippen LogP) is 5.95. The molecule has 0 atom stereocenters. The van der Waals surface area contributed by atoms with Crippen molar-refractivity contribution in [3.63, 3.8) is 0 Å². The smallest absolute Gasteiger partial charge is 0.287 e. The first-order valence-corrected chi connectivity index (χ1v) is 10.1. The number of carbonyl (C=O) groups is 1. The van der Waals surface area contributed by atoms with Crippen LogP contribution in [0.15, 0.2) is 34.7 Å². The minimum atomic E-state index is -0.114. The largest absolute Gasteiger partial charge is 0.451 e. The molecule has 0 aliphatic heterocycles. The van der Waals surface area contributed by atoms with Crippen molar-refractivity contribution in [1.82, 2.24) is 5.32 Å². The first kappa shape index (κ1) is 16.7. The molecule has 0 spiro atoms. The molecule has 4 fully saturated rings.